The van der Waals surface area contributed by atoms with Crippen molar-refractivity contribution in [2.24, 2.45) is 11.7 Å². The van der Waals surface area contributed by atoms with Gasteiger partial charge in [0.2, 0.25) is 5.91 Å². The van der Waals surface area contributed by atoms with Crippen LogP contribution in [0.1, 0.15) is 18.9 Å². The number of amides is 1. The number of hydrogen-bond donors (Lipinski definition) is 1. The lowest BCUT2D eigenvalue weighted by Crippen LogP contribution is -2.29. The van der Waals surface area contributed by atoms with Crippen LogP contribution in [0.3, 0.4) is 0 Å². The lowest BCUT2D eigenvalue weighted by Gasteiger charge is -2.19. The number of halogens is 2. The number of nitrogens with two attached hydrogens (primary N) is 1. The predicted molar refractivity (Wildman–Crippen MR) is 65.7 cm³/mol. The molecule has 1 atom stereocenters. The van der Waals surface area contributed by atoms with Gasteiger partial charge in [-0.25, -0.2) is 8.78 Å². The third kappa shape index (κ3) is 4.07. The fourth-order valence-corrected chi connectivity index (χ4v) is 1.55. The van der Waals surface area contributed by atoms with E-state index in [0.29, 0.717) is 13.0 Å². The summed E-state index contributed by atoms with van der Waals surface area (Å²) in [6, 6.07) is 3.22. The van der Waals surface area contributed by atoms with Crippen molar-refractivity contribution in [1.82, 2.24) is 4.90 Å². The summed E-state index contributed by atoms with van der Waals surface area (Å²) in [5.74, 6) is -1.07. The Balaban J connectivity index is 2.66. The van der Waals surface area contributed by atoms with E-state index in [-0.39, 0.29) is 23.9 Å². The van der Waals surface area contributed by atoms with Crippen LogP contribution in [-0.2, 0) is 11.3 Å². The van der Waals surface area contributed by atoms with Crippen LogP contribution in [0.25, 0.3) is 0 Å². The van der Waals surface area contributed by atoms with E-state index in [1.807, 2.05) is 6.92 Å². The molecule has 0 aliphatic rings. The molecule has 0 bridgehead atoms. The molecule has 2 N–H and O–H groups in total. The molecule has 1 unspecified atom stereocenters. The van der Waals surface area contributed by atoms with Gasteiger partial charge in [-0.2, -0.15) is 0 Å². The van der Waals surface area contributed by atoms with Crippen molar-refractivity contribution in [2.75, 3.05) is 13.6 Å². The van der Waals surface area contributed by atoms with E-state index >= 15 is 0 Å². The number of benzene rings is 1. The molecule has 0 saturated carbocycles. The second kappa shape index (κ2) is 6.44. The van der Waals surface area contributed by atoms with Gasteiger partial charge < -0.3 is 10.6 Å². The molecule has 0 saturated heterocycles. The van der Waals surface area contributed by atoms with Crippen LogP contribution in [0.5, 0.6) is 0 Å². The van der Waals surface area contributed by atoms with Gasteiger partial charge in [0.25, 0.3) is 0 Å². The molecule has 0 aliphatic carbocycles. The smallest absolute Gasteiger partial charge is 0.222 e. The zero-order valence-electron chi connectivity index (χ0n) is 10.6. The molecule has 0 spiro atoms. The first kappa shape index (κ1) is 14.6. The Morgan fingerprint density at radius 3 is 2.72 bits per heavy atom. The van der Waals surface area contributed by atoms with Gasteiger partial charge in [0.15, 0.2) is 0 Å². The molecule has 100 valence electrons. The van der Waals surface area contributed by atoms with Crippen molar-refractivity contribution in [3.63, 3.8) is 0 Å². The highest BCUT2D eigenvalue weighted by molar-refractivity contribution is 5.76. The topological polar surface area (TPSA) is 46.3 Å². The fourth-order valence-electron chi connectivity index (χ4n) is 1.55. The highest BCUT2D eigenvalue weighted by Gasteiger charge is 2.14. The van der Waals surface area contributed by atoms with Crippen LogP contribution in [0.4, 0.5) is 8.78 Å². The minimum atomic E-state index is -0.512. The minimum Gasteiger partial charge on any atom is -0.341 e. The minimum absolute atomic E-state index is 0.0553. The van der Waals surface area contributed by atoms with Crippen molar-refractivity contribution in [3.05, 3.63) is 35.4 Å². The number of hydrogen-bond acceptors (Lipinski definition) is 2. The summed E-state index contributed by atoms with van der Waals surface area (Å²) in [7, 11) is 1.57. The summed E-state index contributed by atoms with van der Waals surface area (Å²) < 4.78 is 26.4. The third-order valence-electron chi connectivity index (χ3n) is 2.77. The van der Waals surface area contributed by atoms with Gasteiger partial charge >= 0.3 is 0 Å². The first-order valence-corrected chi connectivity index (χ1v) is 5.82. The fraction of sp³-hybridized carbons (Fsp3) is 0.462. The van der Waals surface area contributed by atoms with E-state index < -0.39 is 11.6 Å². The maximum absolute atomic E-state index is 13.4. The van der Waals surface area contributed by atoms with Gasteiger partial charge in [0.05, 0.1) is 0 Å². The Bertz CT molecular complexity index is 423. The average molecular weight is 256 g/mol. The van der Waals surface area contributed by atoms with Crippen molar-refractivity contribution in [2.45, 2.75) is 19.9 Å². The second-order valence-electron chi connectivity index (χ2n) is 4.53. The van der Waals surface area contributed by atoms with Gasteiger partial charge in [-0.15, -0.1) is 0 Å². The van der Waals surface area contributed by atoms with Crippen LogP contribution >= 0.6 is 0 Å². The number of nitrogens with zero attached hydrogens (tertiary/aromatic N) is 1. The molecule has 1 rings (SSSR count). The largest absolute Gasteiger partial charge is 0.341 e. The highest BCUT2D eigenvalue weighted by atomic mass is 19.1. The number of carbonyl (C=O) groups is 1. The Morgan fingerprint density at radius 1 is 1.44 bits per heavy atom. The van der Waals surface area contributed by atoms with Crippen LogP contribution in [0.2, 0.25) is 0 Å². The predicted octanol–water partition coefficient (Wildman–Crippen LogP) is 1.91. The molecule has 0 heterocycles. The molecule has 5 heteroatoms. The monoisotopic (exact) mass is 256 g/mol. The summed E-state index contributed by atoms with van der Waals surface area (Å²) in [4.78, 5) is 13.1. The van der Waals surface area contributed by atoms with E-state index in [2.05, 4.69) is 0 Å². The summed E-state index contributed by atoms with van der Waals surface area (Å²) in [6.07, 6.45) is 0.309. The van der Waals surface area contributed by atoms with Gasteiger partial charge in [0.1, 0.15) is 11.6 Å². The molecule has 0 aromatic heterocycles. The molecule has 3 nitrogen and oxygen atoms in total. The first-order chi connectivity index (χ1) is 8.43. The molecule has 1 aromatic carbocycles. The number of carbonyl (C=O) groups excluding carboxylic acids is 1. The van der Waals surface area contributed by atoms with E-state index in [1.54, 1.807) is 7.05 Å². The van der Waals surface area contributed by atoms with E-state index in [0.717, 1.165) is 18.2 Å². The van der Waals surface area contributed by atoms with Crippen molar-refractivity contribution in [1.29, 1.82) is 0 Å². The van der Waals surface area contributed by atoms with Crippen LogP contribution < -0.4 is 5.73 Å². The second-order valence-corrected chi connectivity index (χ2v) is 4.53. The zero-order valence-corrected chi connectivity index (χ0v) is 10.6. The van der Waals surface area contributed by atoms with E-state index in [4.69, 9.17) is 5.73 Å². The maximum atomic E-state index is 13.4. The van der Waals surface area contributed by atoms with E-state index in [9.17, 15) is 13.6 Å². The normalized spacial score (nSPS) is 12.3. The number of rotatable bonds is 5. The summed E-state index contributed by atoms with van der Waals surface area (Å²) in [6.45, 7) is 2.35. The van der Waals surface area contributed by atoms with Crippen LogP contribution in [0.15, 0.2) is 18.2 Å². The van der Waals surface area contributed by atoms with Crippen molar-refractivity contribution in [3.8, 4) is 0 Å². The summed E-state index contributed by atoms with van der Waals surface area (Å²) >= 11 is 0. The molecule has 18 heavy (non-hydrogen) atoms. The standard InChI is InChI=1S/C13H18F2N2O/c1-9(7-16)5-13(18)17(2)8-10-6-11(14)3-4-12(10)15/h3-4,6,9H,5,7-8,16H2,1-2H3. The molecule has 0 fully saturated rings. The summed E-state index contributed by atoms with van der Waals surface area (Å²) in [5, 5.41) is 0. The van der Waals surface area contributed by atoms with Crippen molar-refractivity contribution >= 4 is 5.91 Å². The van der Waals surface area contributed by atoms with Gasteiger partial charge in [-0.05, 0) is 30.7 Å². The van der Waals surface area contributed by atoms with Gasteiger partial charge in [-0.3, -0.25) is 4.79 Å². The Labute approximate surface area is 106 Å². The van der Waals surface area contributed by atoms with Crippen LogP contribution in [-0.4, -0.2) is 24.4 Å². The summed E-state index contributed by atoms with van der Waals surface area (Å²) in [5.41, 5.74) is 5.61. The lowest BCUT2D eigenvalue weighted by atomic mass is 10.1. The third-order valence-corrected chi connectivity index (χ3v) is 2.77. The molecular formula is C13H18F2N2O. The molecule has 0 radical (unpaired) electrons. The Morgan fingerprint density at radius 2 is 2.11 bits per heavy atom. The molecule has 1 amide bonds. The SMILES string of the molecule is CC(CN)CC(=O)N(C)Cc1cc(F)ccc1F. The van der Waals surface area contributed by atoms with Crippen molar-refractivity contribution < 1.29 is 13.6 Å². The van der Waals surface area contributed by atoms with E-state index in [1.165, 1.54) is 4.90 Å². The average Bonchev–Trinajstić information content (AvgIpc) is 2.33. The van der Waals surface area contributed by atoms with Gasteiger partial charge in [0, 0.05) is 25.6 Å². The molecule has 1 aromatic rings. The molecule has 0 aliphatic heterocycles. The lowest BCUT2D eigenvalue weighted by molar-refractivity contribution is -0.131. The maximum Gasteiger partial charge on any atom is 0.222 e. The highest BCUT2D eigenvalue weighted by Crippen LogP contribution is 2.13. The molecular weight excluding hydrogens is 238 g/mol. The zero-order chi connectivity index (χ0) is 13.7. The Kier molecular flexibility index (Phi) is 5.22. The first-order valence-electron chi connectivity index (χ1n) is 5.82. The Hall–Kier alpha value is -1.49. The van der Waals surface area contributed by atoms with Gasteiger partial charge in [-0.1, -0.05) is 6.92 Å². The van der Waals surface area contributed by atoms with Crippen LogP contribution in [0, 0.1) is 17.6 Å². The quantitative estimate of drug-likeness (QED) is 0.874.